The fourth-order valence-corrected chi connectivity index (χ4v) is 1.10. The van der Waals surface area contributed by atoms with E-state index in [2.05, 4.69) is 4.18 Å². The van der Waals surface area contributed by atoms with Gasteiger partial charge < -0.3 is 4.55 Å². The average molecular weight is 224 g/mol. The Morgan fingerprint density at radius 2 is 1.79 bits per heavy atom. The predicted molar refractivity (Wildman–Crippen MR) is 45.7 cm³/mol. The molecule has 0 unspecified atom stereocenters. The van der Waals surface area contributed by atoms with Crippen molar-refractivity contribution in [3.63, 3.8) is 0 Å². The van der Waals surface area contributed by atoms with Crippen molar-refractivity contribution in [1.82, 2.24) is 0 Å². The predicted octanol–water partition coefficient (Wildman–Crippen LogP) is -2.02. The molecule has 0 bridgehead atoms. The molecular weight excluding hydrogens is 215 g/mol. The summed E-state index contributed by atoms with van der Waals surface area (Å²) in [7, 11) is -4.58. The van der Waals surface area contributed by atoms with Crippen molar-refractivity contribution in [2.75, 3.05) is 0 Å². The van der Waals surface area contributed by atoms with E-state index >= 15 is 0 Å². The Morgan fingerprint density at radius 3 is 2.21 bits per heavy atom. The second-order valence-corrected chi connectivity index (χ2v) is 3.71. The molecule has 0 aliphatic rings. The van der Waals surface area contributed by atoms with Gasteiger partial charge in [0.15, 0.2) is 0 Å². The molecule has 0 aromatic heterocycles. The van der Waals surface area contributed by atoms with E-state index in [-0.39, 0.29) is 36.2 Å². The minimum atomic E-state index is -4.58. The fraction of sp³-hybridized carbons (Fsp3) is 0.250. The average Bonchev–Trinajstić information content (AvgIpc) is 2.02. The Bertz CT molecular complexity index is 371. The molecule has 0 saturated carbocycles. The molecule has 1 aromatic carbocycles. The summed E-state index contributed by atoms with van der Waals surface area (Å²) >= 11 is 0. The molecular formula is C8H9NaO4S. The zero-order valence-electron chi connectivity index (χ0n) is 8.06. The molecule has 0 atom stereocenters. The first-order chi connectivity index (χ1) is 5.97. The van der Waals surface area contributed by atoms with E-state index < -0.39 is 10.4 Å². The number of aryl methyl sites for hydroxylation is 1. The molecule has 1 rings (SSSR count). The van der Waals surface area contributed by atoms with Gasteiger partial charge in [-0.2, -0.15) is 0 Å². The van der Waals surface area contributed by atoms with Gasteiger partial charge in [-0.15, -0.1) is 0 Å². The molecule has 0 spiro atoms. The quantitative estimate of drug-likeness (QED) is 0.337. The zero-order valence-corrected chi connectivity index (χ0v) is 10.9. The normalized spacial score (nSPS) is 10.7. The summed E-state index contributed by atoms with van der Waals surface area (Å²) in [6.07, 6.45) is 0. The van der Waals surface area contributed by atoms with E-state index in [9.17, 15) is 13.0 Å². The van der Waals surface area contributed by atoms with Gasteiger partial charge in [0.1, 0.15) is 0 Å². The van der Waals surface area contributed by atoms with Crippen LogP contribution in [0, 0.1) is 6.92 Å². The topological polar surface area (TPSA) is 66.4 Å². The van der Waals surface area contributed by atoms with Crippen LogP contribution in [-0.2, 0) is 21.2 Å². The largest absolute Gasteiger partial charge is 1.00 e. The third-order valence-electron chi connectivity index (χ3n) is 1.49. The van der Waals surface area contributed by atoms with Gasteiger partial charge in [0.25, 0.3) is 0 Å². The number of rotatable bonds is 3. The first kappa shape index (κ1) is 14.1. The van der Waals surface area contributed by atoms with Crippen molar-refractivity contribution in [3.8, 4) is 0 Å². The molecule has 0 saturated heterocycles. The molecule has 0 aliphatic carbocycles. The molecule has 1 aromatic rings. The smallest absolute Gasteiger partial charge is 0.726 e. The second kappa shape index (κ2) is 5.85. The SMILES string of the molecule is Cc1ccc(COS(=O)(=O)[O-])cc1.[Na+]. The van der Waals surface area contributed by atoms with Gasteiger partial charge in [-0.1, -0.05) is 29.8 Å². The van der Waals surface area contributed by atoms with Crippen LogP contribution >= 0.6 is 0 Å². The fourth-order valence-electron chi connectivity index (χ4n) is 0.825. The summed E-state index contributed by atoms with van der Waals surface area (Å²) in [5, 5.41) is 0. The molecule has 0 N–H and O–H groups in total. The Morgan fingerprint density at radius 1 is 1.29 bits per heavy atom. The molecule has 0 aliphatic heterocycles. The van der Waals surface area contributed by atoms with Crippen LogP contribution < -0.4 is 29.6 Å². The van der Waals surface area contributed by atoms with Crippen molar-refractivity contribution >= 4 is 10.4 Å². The van der Waals surface area contributed by atoms with Gasteiger partial charge >= 0.3 is 29.6 Å². The summed E-state index contributed by atoms with van der Waals surface area (Å²) < 4.78 is 34.4. The third-order valence-corrected chi connectivity index (χ3v) is 1.90. The Balaban J connectivity index is 0.00000169. The summed E-state index contributed by atoms with van der Waals surface area (Å²) in [5.41, 5.74) is 1.72. The van der Waals surface area contributed by atoms with Crippen molar-refractivity contribution in [2.24, 2.45) is 0 Å². The maximum atomic E-state index is 10.1. The molecule has 72 valence electrons. The zero-order chi connectivity index (χ0) is 9.90. The van der Waals surface area contributed by atoms with Crippen molar-refractivity contribution < 1.29 is 46.7 Å². The maximum absolute atomic E-state index is 10.1. The van der Waals surface area contributed by atoms with Gasteiger partial charge in [0.2, 0.25) is 10.4 Å². The van der Waals surface area contributed by atoms with Gasteiger partial charge in [-0.05, 0) is 12.5 Å². The Kier molecular flexibility index (Phi) is 5.88. The van der Waals surface area contributed by atoms with Gasteiger partial charge in [-0.25, -0.2) is 8.42 Å². The van der Waals surface area contributed by atoms with E-state index in [1.807, 2.05) is 19.1 Å². The third kappa shape index (κ3) is 5.74. The number of hydrogen-bond donors (Lipinski definition) is 0. The summed E-state index contributed by atoms with van der Waals surface area (Å²) in [6.45, 7) is 1.71. The Hall–Kier alpha value is 0.0900. The maximum Gasteiger partial charge on any atom is 1.00 e. The molecule has 4 nitrogen and oxygen atoms in total. The van der Waals surface area contributed by atoms with E-state index in [4.69, 9.17) is 0 Å². The minimum absolute atomic E-state index is 0. The van der Waals surface area contributed by atoms with Gasteiger partial charge in [-0.3, -0.25) is 4.18 Å². The second-order valence-electron chi connectivity index (χ2n) is 2.66. The van der Waals surface area contributed by atoms with Crippen LogP contribution in [0.2, 0.25) is 0 Å². The van der Waals surface area contributed by atoms with E-state index in [1.54, 1.807) is 12.1 Å². The van der Waals surface area contributed by atoms with Crippen LogP contribution in [0.15, 0.2) is 24.3 Å². The molecule has 0 radical (unpaired) electrons. The first-order valence-corrected chi connectivity index (χ1v) is 4.96. The number of benzene rings is 1. The van der Waals surface area contributed by atoms with Crippen LogP contribution in [0.1, 0.15) is 11.1 Å². The van der Waals surface area contributed by atoms with Gasteiger partial charge in [0.05, 0.1) is 6.61 Å². The first-order valence-electron chi connectivity index (χ1n) is 3.63. The number of hydrogen-bond acceptors (Lipinski definition) is 4. The van der Waals surface area contributed by atoms with Crippen LogP contribution in [0.3, 0.4) is 0 Å². The summed E-state index contributed by atoms with van der Waals surface area (Å²) in [5.74, 6) is 0. The summed E-state index contributed by atoms with van der Waals surface area (Å²) in [6, 6.07) is 7.05. The molecule has 6 heteroatoms. The van der Waals surface area contributed by atoms with E-state index in [1.165, 1.54) is 0 Å². The van der Waals surface area contributed by atoms with Crippen LogP contribution in [0.4, 0.5) is 0 Å². The van der Waals surface area contributed by atoms with Crippen molar-refractivity contribution in [3.05, 3.63) is 35.4 Å². The molecule has 0 amide bonds. The summed E-state index contributed by atoms with van der Waals surface area (Å²) in [4.78, 5) is 0. The van der Waals surface area contributed by atoms with Crippen LogP contribution in [0.5, 0.6) is 0 Å². The van der Waals surface area contributed by atoms with E-state index in [0.29, 0.717) is 5.56 Å². The van der Waals surface area contributed by atoms with E-state index in [0.717, 1.165) is 5.56 Å². The monoisotopic (exact) mass is 224 g/mol. The van der Waals surface area contributed by atoms with Crippen molar-refractivity contribution in [2.45, 2.75) is 13.5 Å². The standard InChI is InChI=1S/C8H10O4S.Na/c1-7-2-4-8(5-3-7)6-12-13(9,10)11;/h2-5H,6H2,1H3,(H,9,10,11);/q;+1/p-1. The van der Waals surface area contributed by atoms with Crippen LogP contribution in [-0.4, -0.2) is 13.0 Å². The van der Waals surface area contributed by atoms with Gasteiger partial charge in [0, 0.05) is 0 Å². The molecule has 0 fully saturated rings. The Labute approximate surface area is 106 Å². The van der Waals surface area contributed by atoms with Crippen LogP contribution in [0.25, 0.3) is 0 Å². The molecule has 14 heavy (non-hydrogen) atoms. The minimum Gasteiger partial charge on any atom is -0.726 e. The molecule has 0 heterocycles. The van der Waals surface area contributed by atoms with Crippen molar-refractivity contribution in [1.29, 1.82) is 0 Å².